The highest BCUT2D eigenvalue weighted by Gasteiger charge is 2.37. The van der Waals surface area contributed by atoms with Gasteiger partial charge in [0.05, 0.1) is 5.54 Å². The van der Waals surface area contributed by atoms with Gasteiger partial charge in [-0.1, -0.05) is 31.5 Å². The Bertz CT molecular complexity index is 411. The Morgan fingerprint density at radius 1 is 1.26 bits per heavy atom. The predicted octanol–water partition coefficient (Wildman–Crippen LogP) is 3.26. The van der Waals surface area contributed by atoms with Gasteiger partial charge in [0.2, 0.25) is 0 Å². The second kappa shape index (κ2) is 6.02. The zero-order valence-electron chi connectivity index (χ0n) is 12.0. The van der Waals surface area contributed by atoms with E-state index in [4.69, 9.17) is 5.73 Å². The predicted molar refractivity (Wildman–Crippen MR) is 77.4 cm³/mol. The molecule has 2 N–H and O–H groups in total. The van der Waals surface area contributed by atoms with Crippen LogP contribution in [0.15, 0.2) is 24.3 Å². The summed E-state index contributed by atoms with van der Waals surface area (Å²) in [5, 5.41) is 0. The van der Waals surface area contributed by atoms with E-state index < -0.39 is 5.54 Å². The summed E-state index contributed by atoms with van der Waals surface area (Å²) in [5.74, 6) is -0.192. The molecule has 1 aliphatic rings. The lowest BCUT2D eigenvalue weighted by atomic mass is 9.82. The molecule has 2 rings (SSSR count). The number of hydrogen-bond donors (Lipinski definition) is 1. The minimum atomic E-state index is -0.641. The zero-order chi connectivity index (χ0) is 13.9. The van der Waals surface area contributed by atoms with Gasteiger partial charge in [-0.15, -0.1) is 0 Å². The van der Waals surface area contributed by atoms with Gasteiger partial charge in [-0.25, -0.2) is 4.39 Å². The Balaban J connectivity index is 2.27. The third-order valence-corrected chi connectivity index (χ3v) is 4.36. The van der Waals surface area contributed by atoms with Crippen molar-refractivity contribution < 1.29 is 4.39 Å². The van der Waals surface area contributed by atoms with Crippen LogP contribution in [-0.2, 0) is 5.54 Å². The number of rotatable bonds is 4. The smallest absolute Gasteiger partial charge is 0.128 e. The number of hydrogen-bond acceptors (Lipinski definition) is 2. The van der Waals surface area contributed by atoms with Crippen LogP contribution in [0.4, 0.5) is 4.39 Å². The van der Waals surface area contributed by atoms with E-state index in [1.54, 1.807) is 6.07 Å². The van der Waals surface area contributed by atoms with Crippen molar-refractivity contribution in [3.63, 3.8) is 0 Å². The van der Waals surface area contributed by atoms with Crippen LogP contribution in [0.1, 0.15) is 45.1 Å². The molecule has 19 heavy (non-hydrogen) atoms. The molecule has 2 nitrogen and oxygen atoms in total. The average Bonchev–Trinajstić information content (AvgIpc) is 2.40. The SMILES string of the molecule is CCC(N1CCCCC1)C(C)(N)c1ccccc1F. The highest BCUT2D eigenvalue weighted by Crippen LogP contribution is 2.31. The Labute approximate surface area is 115 Å². The number of benzene rings is 1. The third-order valence-electron chi connectivity index (χ3n) is 4.36. The van der Waals surface area contributed by atoms with Gasteiger partial charge in [0.1, 0.15) is 5.82 Å². The molecule has 3 heteroatoms. The third kappa shape index (κ3) is 2.98. The lowest BCUT2D eigenvalue weighted by Crippen LogP contribution is -2.55. The minimum Gasteiger partial charge on any atom is -0.320 e. The molecular weight excluding hydrogens is 239 g/mol. The molecule has 1 aliphatic heterocycles. The van der Waals surface area contributed by atoms with Crippen molar-refractivity contribution in [1.82, 2.24) is 4.90 Å². The van der Waals surface area contributed by atoms with Gasteiger partial charge in [0.25, 0.3) is 0 Å². The van der Waals surface area contributed by atoms with E-state index >= 15 is 0 Å². The maximum atomic E-state index is 14.1. The fourth-order valence-corrected chi connectivity index (χ4v) is 3.37. The fourth-order valence-electron chi connectivity index (χ4n) is 3.37. The number of piperidine rings is 1. The first-order valence-electron chi connectivity index (χ1n) is 7.35. The maximum absolute atomic E-state index is 14.1. The number of likely N-dealkylation sites (tertiary alicyclic amines) is 1. The average molecular weight is 264 g/mol. The van der Waals surface area contributed by atoms with Gasteiger partial charge in [0, 0.05) is 11.6 Å². The molecule has 0 aliphatic carbocycles. The summed E-state index contributed by atoms with van der Waals surface area (Å²) in [7, 11) is 0. The lowest BCUT2D eigenvalue weighted by Gasteiger charge is -2.43. The zero-order valence-corrected chi connectivity index (χ0v) is 12.0. The highest BCUT2D eigenvalue weighted by atomic mass is 19.1. The van der Waals surface area contributed by atoms with E-state index in [-0.39, 0.29) is 11.9 Å². The largest absolute Gasteiger partial charge is 0.320 e. The van der Waals surface area contributed by atoms with E-state index in [9.17, 15) is 4.39 Å². The summed E-state index contributed by atoms with van der Waals surface area (Å²) in [6.45, 7) is 6.28. The summed E-state index contributed by atoms with van der Waals surface area (Å²) in [6, 6.07) is 7.11. The summed E-state index contributed by atoms with van der Waals surface area (Å²) >= 11 is 0. The van der Waals surface area contributed by atoms with Gasteiger partial charge in [-0.3, -0.25) is 4.90 Å². The standard InChI is InChI=1S/C16H25FN2/c1-3-15(19-11-7-4-8-12-19)16(2,18)13-9-5-6-10-14(13)17/h5-6,9-10,15H,3-4,7-8,11-12,18H2,1-2H3. The molecule has 0 bridgehead atoms. The van der Waals surface area contributed by atoms with Crippen molar-refractivity contribution in [2.24, 2.45) is 5.73 Å². The Morgan fingerprint density at radius 2 is 1.89 bits per heavy atom. The van der Waals surface area contributed by atoms with Crippen LogP contribution in [0.2, 0.25) is 0 Å². The van der Waals surface area contributed by atoms with E-state index in [1.165, 1.54) is 25.3 Å². The number of halogens is 1. The van der Waals surface area contributed by atoms with Crippen molar-refractivity contribution in [2.45, 2.75) is 51.1 Å². The molecule has 0 aromatic heterocycles. The van der Waals surface area contributed by atoms with Gasteiger partial charge < -0.3 is 5.73 Å². The topological polar surface area (TPSA) is 29.3 Å². The maximum Gasteiger partial charge on any atom is 0.128 e. The van der Waals surface area contributed by atoms with Crippen LogP contribution in [0, 0.1) is 5.82 Å². The molecule has 1 saturated heterocycles. The second-order valence-corrected chi connectivity index (χ2v) is 5.78. The number of nitrogens with zero attached hydrogens (tertiary/aromatic N) is 1. The van der Waals surface area contributed by atoms with Crippen LogP contribution >= 0.6 is 0 Å². The number of nitrogens with two attached hydrogens (primary N) is 1. The first-order chi connectivity index (χ1) is 9.07. The van der Waals surface area contributed by atoms with Crippen LogP contribution in [0.5, 0.6) is 0 Å². The van der Waals surface area contributed by atoms with E-state index in [2.05, 4.69) is 11.8 Å². The molecule has 1 heterocycles. The summed E-state index contributed by atoms with van der Waals surface area (Å²) < 4.78 is 14.1. The molecule has 0 radical (unpaired) electrons. The van der Waals surface area contributed by atoms with Crippen LogP contribution in [-0.4, -0.2) is 24.0 Å². The van der Waals surface area contributed by atoms with E-state index in [0.717, 1.165) is 19.5 Å². The van der Waals surface area contributed by atoms with Gasteiger partial charge >= 0.3 is 0 Å². The van der Waals surface area contributed by atoms with Crippen molar-refractivity contribution in [3.05, 3.63) is 35.6 Å². The molecular formula is C16H25FN2. The monoisotopic (exact) mass is 264 g/mol. The molecule has 1 fully saturated rings. The lowest BCUT2D eigenvalue weighted by molar-refractivity contribution is 0.0988. The van der Waals surface area contributed by atoms with Crippen LogP contribution < -0.4 is 5.73 Å². The summed E-state index contributed by atoms with van der Waals surface area (Å²) in [6.07, 6.45) is 4.70. The molecule has 2 unspecified atom stereocenters. The van der Waals surface area contributed by atoms with E-state index in [1.807, 2.05) is 19.1 Å². The van der Waals surface area contributed by atoms with Crippen LogP contribution in [0.3, 0.4) is 0 Å². The molecule has 0 saturated carbocycles. The Morgan fingerprint density at radius 3 is 2.47 bits per heavy atom. The Hall–Kier alpha value is -0.930. The van der Waals surface area contributed by atoms with Crippen LogP contribution in [0.25, 0.3) is 0 Å². The van der Waals surface area contributed by atoms with Crippen molar-refractivity contribution in [2.75, 3.05) is 13.1 Å². The molecule has 0 amide bonds. The highest BCUT2D eigenvalue weighted by molar-refractivity contribution is 5.27. The quantitative estimate of drug-likeness (QED) is 0.904. The van der Waals surface area contributed by atoms with E-state index in [0.29, 0.717) is 5.56 Å². The van der Waals surface area contributed by atoms with Crippen molar-refractivity contribution >= 4 is 0 Å². The fraction of sp³-hybridized carbons (Fsp3) is 0.625. The first kappa shape index (κ1) is 14.5. The molecule has 2 atom stereocenters. The minimum absolute atomic E-state index is 0.192. The van der Waals surface area contributed by atoms with Gasteiger partial charge in [-0.2, -0.15) is 0 Å². The van der Waals surface area contributed by atoms with Crippen molar-refractivity contribution in [1.29, 1.82) is 0 Å². The first-order valence-corrected chi connectivity index (χ1v) is 7.35. The molecule has 0 spiro atoms. The Kier molecular flexibility index (Phi) is 4.58. The summed E-state index contributed by atoms with van der Waals surface area (Å²) in [5.41, 5.74) is 6.53. The van der Waals surface area contributed by atoms with Gasteiger partial charge in [-0.05, 0) is 45.3 Å². The van der Waals surface area contributed by atoms with Crippen molar-refractivity contribution in [3.8, 4) is 0 Å². The molecule has 1 aromatic carbocycles. The normalized spacial score (nSPS) is 21.9. The van der Waals surface area contributed by atoms with Gasteiger partial charge in [0.15, 0.2) is 0 Å². The summed E-state index contributed by atoms with van der Waals surface area (Å²) in [4.78, 5) is 2.44. The molecule has 106 valence electrons. The molecule has 1 aromatic rings. The second-order valence-electron chi connectivity index (χ2n) is 5.78.